The maximum Gasteiger partial charge on any atom is 0.204 e. The van der Waals surface area contributed by atoms with Gasteiger partial charge in [0.25, 0.3) is 0 Å². The van der Waals surface area contributed by atoms with Crippen molar-refractivity contribution in [1.82, 2.24) is 40.2 Å². The molecule has 3 aliphatic rings. The summed E-state index contributed by atoms with van der Waals surface area (Å²) >= 11 is 0. The van der Waals surface area contributed by atoms with Crippen LogP contribution in [-0.4, -0.2) is 95.9 Å². The molecule has 3 aromatic heterocycles. The fraction of sp³-hybridized carbons (Fsp3) is 0.481. The summed E-state index contributed by atoms with van der Waals surface area (Å²) in [6, 6.07) is 21.6. The van der Waals surface area contributed by atoms with Crippen molar-refractivity contribution in [2.75, 3.05) is 57.8 Å². The highest BCUT2D eigenvalue weighted by molar-refractivity contribution is 5.87. The van der Waals surface area contributed by atoms with E-state index in [0.29, 0.717) is 17.6 Å². The molecular formula is C52H73N11O2. The third-order valence-corrected chi connectivity index (χ3v) is 12.7. The van der Waals surface area contributed by atoms with Crippen LogP contribution in [0.25, 0.3) is 27.7 Å². The molecule has 5 heterocycles. The van der Waals surface area contributed by atoms with Crippen molar-refractivity contribution in [3.8, 4) is 17.3 Å². The van der Waals surface area contributed by atoms with Gasteiger partial charge < -0.3 is 31.5 Å². The van der Waals surface area contributed by atoms with E-state index < -0.39 is 0 Å². The predicted molar refractivity (Wildman–Crippen MR) is 266 cm³/mol. The topological polar surface area (TPSA) is 162 Å². The van der Waals surface area contributed by atoms with E-state index in [1.165, 1.54) is 86.8 Å². The second kappa shape index (κ2) is 25.0. The molecule has 65 heavy (non-hydrogen) atoms. The quantitative estimate of drug-likeness (QED) is 0.0897. The molecule has 5 aromatic rings. The Labute approximate surface area is 387 Å². The number of likely N-dealkylation sites (N-methyl/N-ethyl adjacent to an activating group) is 1. The van der Waals surface area contributed by atoms with Crippen molar-refractivity contribution < 1.29 is 9.59 Å². The second-order valence-corrected chi connectivity index (χ2v) is 18.4. The third kappa shape index (κ3) is 14.1. The van der Waals surface area contributed by atoms with Gasteiger partial charge in [0.1, 0.15) is 12.4 Å². The smallest absolute Gasteiger partial charge is 0.204 e. The summed E-state index contributed by atoms with van der Waals surface area (Å²) in [5.74, 6) is 0.827. The molecule has 2 aliphatic heterocycles. The first kappa shape index (κ1) is 50.2. The minimum Gasteiger partial charge on any atom is -0.372 e. The van der Waals surface area contributed by atoms with E-state index in [1.807, 2.05) is 41.9 Å². The molecule has 1 amide bonds. The molecule has 1 aliphatic carbocycles. The van der Waals surface area contributed by atoms with Gasteiger partial charge >= 0.3 is 0 Å². The van der Waals surface area contributed by atoms with E-state index in [0.717, 1.165) is 79.2 Å². The highest BCUT2D eigenvalue weighted by Gasteiger charge is 2.25. The van der Waals surface area contributed by atoms with Gasteiger partial charge in [-0.2, -0.15) is 15.5 Å². The number of nitrogens with zero attached hydrogens (tertiary/aromatic N) is 7. The fourth-order valence-corrected chi connectivity index (χ4v) is 9.16. The maximum absolute atomic E-state index is 10.9. The van der Waals surface area contributed by atoms with Gasteiger partial charge in [-0.25, -0.2) is 4.52 Å². The molecule has 0 bridgehead atoms. The standard InChI is InChI=1S/C25H27N5.C17H25N3O.C9H18N2.CH3NO/c1-25(2,3)22-13-23-18(16-29(28-23)19-7-5-4-6-8-19)12-21(22)24-10-9-20-11-17(14-26)15-27-30(20)24;21-14-16-2-1-3-17(12-16)20-8-4-15(5-9-20)13-19-10-6-18-7-11-19;1-5-7-9(10-4)8(3)11-6-2;2-1-3/h9-13,15-16,19H,4-8H2,1-3H3;1-3,12,14-15,18H,4-11,13H2;6,9-11H,2-3,5,7H2,1,4H3;1H,(H2,2,3). The molecule has 2 aromatic carbocycles. The Balaban J connectivity index is 0.000000197. The fourth-order valence-electron chi connectivity index (χ4n) is 9.16. The molecule has 2 saturated heterocycles. The van der Waals surface area contributed by atoms with Crippen molar-refractivity contribution in [2.24, 2.45) is 11.7 Å². The lowest BCUT2D eigenvalue weighted by Gasteiger charge is -2.37. The Morgan fingerprint density at radius 3 is 2.37 bits per heavy atom. The summed E-state index contributed by atoms with van der Waals surface area (Å²) < 4.78 is 4.14. The number of rotatable bonds is 12. The van der Waals surface area contributed by atoms with E-state index in [1.54, 1.807) is 12.4 Å². The Kier molecular flexibility index (Phi) is 19.3. The van der Waals surface area contributed by atoms with Gasteiger partial charge in [-0.3, -0.25) is 14.3 Å². The molecule has 348 valence electrons. The van der Waals surface area contributed by atoms with E-state index in [9.17, 15) is 10.1 Å². The highest BCUT2D eigenvalue weighted by atomic mass is 16.1. The summed E-state index contributed by atoms with van der Waals surface area (Å²) in [4.78, 5) is 24.5. The number of carbonyl (C=O) groups excluding carboxylic acids is 2. The van der Waals surface area contributed by atoms with Crippen LogP contribution in [0.2, 0.25) is 0 Å². The molecule has 3 fully saturated rings. The minimum atomic E-state index is -0.0328. The number of carbonyl (C=O) groups is 2. The lowest BCUT2D eigenvalue weighted by Crippen LogP contribution is -2.46. The van der Waals surface area contributed by atoms with E-state index in [-0.39, 0.29) is 11.8 Å². The minimum absolute atomic E-state index is 0.0328. The van der Waals surface area contributed by atoms with Crippen LogP contribution in [0.5, 0.6) is 0 Å². The molecule has 1 unspecified atom stereocenters. The number of fused-ring (bicyclic) bond motifs is 2. The number of piperazine rings is 1. The monoisotopic (exact) mass is 884 g/mol. The Bertz CT molecular complexity index is 2330. The SMILES string of the molecule is C=CNC(=C)C(CCC)NC.CC(C)(C)c1cc2nn(C3CCCCC3)cc2cc1-c1ccc2cc(C#N)cnn12.NC=O.O=Cc1cccc(N2CCC(CN3CCNCC3)CC2)c1. The van der Waals surface area contributed by atoms with Gasteiger partial charge in [0, 0.05) is 85.9 Å². The number of nitrogens with two attached hydrogens (primary N) is 1. The predicted octanol–water partition coefficient (Wildman–Crippen LogP) is 8.37. The molecule has 1 saturated carbocycles. The van der Waals surface area contributed by atoms with Crippen LogP contribution < -0.4 is 26.6 Å². The summed E-state index contributed by atoms with van der Waals surface area (Å²) in [6.45, 7) is 24.5. The van der Waals surface area contributed by atoms with Gasteiger partial charge in [0.2, 0.25) is 6.41 Å². The molecule has 0 spiro atoms. The first-order chi connectivity index (χ1) is 31.5. The average Bonchev–Trinajstić information content (AvgIpc) is 3.96. The first-order valence-corrected chi connectivity index (χ1v) is 23.5. The van der Waals surface area contributed by atoms with Crippen LogP contribution in [0.3, 0.4) is 0 Å². The third-order valence-electron chi connectivity index (χ3n) is 12.7. The van der Waals surface area contributed by atoms with Crippen molar-refractivity contribution in [1.29, 1.82) is 5.26 Å². The Morgan fingerprint density at radius 2 is 1.74 bits per heavy atom. The maximum atomic E-state index is 10.9. The summed E-state index contributed by atoms with van der Waals surface area (Å²) in [5, 5.41) is 29.5. The molecule has 13 heteroatoms. The summed E-state index contributed by atoms with van der Waals surface area (Å²) in [6.07, 6.45) is 17.9. The molecule has 8 rings (SSSR count). The number of benzene rings is 2. The van der Waals surface area contributed by atoms with Gasteiger partial charge in [0.05, 0.1) is 34.5 Å². The molecule has 0 radical (unpaired) electrons. The number of primary amides is 1. The van der Waals surface area contributed by atoms with Crippen LogP contribution in [0.1, 0.15) is 113 Å². The molecular weight excluding hydrogens is 811 g/mol. The average molecular weight is 884 g/mol. The number of hydrogen-bond acceptors (Lipinski definition) is 10. The van der Waals surface area contributed by atoms with E-state index >= 15 is 0 Å². The second-order valence-electron chi connectivity index (χ2n) is 18.4. The number of amides is 1. The number of piperidine rings is 1. The van der Waals surface area contributed by atoms with E-state index in [4.69, 9.17) is 9.89 Å². The zero-order valence-corrected chi connectivity index (χ0v) is 39.6. The lowest BCUT2D eigenvalue weighted by molar-refractivity contribution is -0.106. The van der Waals surface area contributed by atoms with Crippen LogP contribution in [-0.2, 0) is 10.2 Å². The number of aromatic nitrogens is 4. The molecule has 13 nitrogen and oxygen atoms in total. The summed E-state index contributed by atoms with van der Waals surface area (Å²) in [7, 11) is 1.94. The number of nitriles is 1. The highest BCUT2D eigenvalue weighted by Crippen LogP contribution is 2.38. The van der Waals surface area contributed by atoms with Gasteiger partial charge in [-0.05, 0) is 105 Å². The van der Waals surface area contributed by atoms with Gasteiger partial charge in [-0.15, -0.1) is 0 Å². The van der Waals surface area contributed by atoms with Crippen molar-refractivity contribution in [3.63, 3.8) is 0 Å². The number of hydrogen-bond donors (Lipinski definition) is 4. The largest absolute Gasteiger partial charge is 0.372 e. The van der Waals surface area contributed by atoms with Crippen LogP contribution >= 0.6 is 0 Å². The van der Waals surface area contributed by atoms with Crippen LogP contribution in [0.4, 0.5) is 5.69 Å². The van der Waals surface area contributed by atoms with Crippen molar-refractivity contribution in [2.45, 2.75) is 103 Å². The Hall–Kier alpha value is -5.81. The lowest BCUT2D eigenvalue weighted by atomic mass is 9.82. The zero-order chi connectivity index (χ0) is 46.8. The Morgan fingerprint density at radius 1 is 1.02 bits per heavy atom. The van der Waals surface area contributed by atoms with Gasteiger partial charge in [-0.1, -0.05) is 78.7 Å². The summed E-state index contributed by atoms with van der Waals surface area (Å²) in [5.41, 5.74) is 13.1. The van der Waals surface area contributed by atoms with Crippen LogP contribution in [0, 0.1) is 17.2 Å². The molecule has 1 atom stereocenters. The number of aldehydes is 1. The van der Waals surface area contributed by atoms with Crippen molar-refractivity contribution >= 4 is 34.8 Å². The molecule has 5 N–H and O–H groups in total. The zero-order valence-electron chi connectivity index (χ0n) is 39.6. The van der Waals surface area contributed by atoms with E-state index in [2.05, 4.69) is 119 Å². The van der Waals surface area contributed by atoms with Gasteiger partial charge in [0.15, 0.2) is 0 Å². The van der Waals surface area contributed by atoms with Crippen LogP contribution in [0.15, 0.2) is 92.0 Å². The first-order valence-electron chi connectivity index (χ1n) is 23.5. The number of nitrogens with one attached hydrogen (secondary N) is 3. The normalized spacial score (nSPS) is 16.4. The van der Waals surface area contributed by atoms with Crippen molar-refractivity contribution in [3.05, 3.63) is 109 Å². The number of anilines is 1.